The number of anilines is 2. The highest BCUT2D eigenvalue weighted by atomic mass is 16.4. The standard InChI is InChI=1S/C19H28N4O4/c1-13(24)20-16-6-5-14(11-15(16)18(26)27)23-9-7-22(8-10-23)12-17(25)21-19(2,3)4/h5-6,11H,7-10,12H2,1-4H3,(H,20,24)(H,21,25)(H,26,27). The first-order valence-electron chi connectivity index (χ1n) is 8.98. The molecule has 0 unspecified atom stereocenters. The Kier molecular flexibility index (Phi) is 6.43. The third kappa shape index (κ3) is 6.25. The highest BCUT2D eigenvalue weighted by molar-refractivity contribution is 6.00. The molecule has 1 aromatic rings. The molecule has 1 saturated heterocycles. The van der Waals surface area contributed by atoms with Gasteiger partial charge in [0.2, 0.25) is 11.8 Å². The van der Waals surface area contributed by atoms with Crippen molar-refractivity contribution in [3.8, 4) is 0 Å². The van der Waals surface area contributed by atoms with Crippen LogP contribution in [0.5, 0.6) is 0 Å². The molecule has 1 heterocycles. The number of carbonyl (C=O) groups is 3. The van der Waals surface area contributed by atoms with Gasteiger partial charge in [0.05, 0.1) is 17.8 Å². The number of amides is 2. The van der Waals surface area contributed by atoms with Gasteiger partial charge in [-0.3, -0.25) is 14.5 Å². The second-order valence-corrected chi connectivity index (χ2v) is 7.78. The molecule has 0 bridgehead atoms. The van der Waals surface area contributed by atoms with Crippen molar-refractivity contribution in [1.29, 1.82) is 0 Å². The molecule has 148 valence electrons. The zero-order valence-electron chi connectivity index (χ0n) is 16.3. The Hall–Kier alpha value is -2.61. The third-order valence-electron chi connectivity index (χ3n) is 4.16. The molecule has 1 fully saturated rings. The summed E-state index contributed by atoms with van der Waals surface area (Å²) in [5.74, 6) is -1.39. The summed E-state index contributed by atoms with van der Waals surface area (Å²) in [6.07, 6.45) is 0. The number of rotatable bonds is 5. The van der Waals surface area contributed by atoms with Crippen LogP contribution in [0.1, 0.15) is 38.1 Å². The smallest absolute Gasteiger partial charge is 0.337 e. The minimum atomic E-state index is -1.09. The van der Waals surface area contributed by atoms with Gasteiger partial charge in [-0.2, -0.15) is 0 Å². The van der Waals surface area contributed by atoms with Crippen LogP contribution >= 0.6 is 0 Å². The zero-order chi connectivity index (χ0) is 20.2. The fourth-order valence-corrected chi connectivity index (χ4v) is 3.03. The van der Waals surface area contributed by atoms with E-state index in [0.29, 0.717) is 32.7 Å². The lowest BCUT2D eigenvalue weighted by Gasteiger charge is -2.36. The number of nitrogens with one attached hydrogen (secondary N) is 2. The van der Waals surface area contributed by atoms with E-state index in [1.54, 1.807) is 18.2 Å². The summed E-state index contributed by atoms with van der Waals surface area (Å²) in [4.78, 5) is 39.0. The monoisotopic (exact) mass is 376 g/mol. The van der Waals surface area contributed by atoms with Gasteiger partial charge in [0, 0.05) is 44.3 Å². The van der Waals surface area contributed by atoms with Crippen molar-refractivity contribution in [2.24, 2.45) is 0 Å². The predicted octanol–water partition coefficient (Wildman–Crippen LogP) is 1.38. The number of aromatic carboxylic acids is 1. The third-order valence-corrected chi connectivity index (χ3v) is 4.16. The summed E-state index contributed by atoms with van der Waals surface area (Å²) in [5.41, 5.74) is 0.896. The van der Waals surface area contributed by atoms with E-state index < -0.39 is 5.97 Å². The maximum Gasteiger partial charge on any atom is 0.337 e. The molecular weight excluding hydrogens is 348 g/mol. The average Bonchev–Trinajstić information content (AvgIpc) is 2.53. The number of hydrogen-bond acceptors (Lipinski definition) is 5. The highest BCUT2D eigenvalue weighted by Crippen LogP contribution is 2.24. The van der Waals surface area contributed by atoms with Gasteiger partial charge >= 0.3 is 5.97 Å². The molecule has 1 aliphatic rings. The first kappa shape index (κ1) is 20.7. The van der Waals surface area contributed by atoms with E-state index >= 15 is 0 Å². The summed E-state index contributed by atoms with van der Waals surface area (Å²) in [5, 5.41) is 14.9. The predicted molar refractivity (Wildman–Crippen MR) is 104 cm³/mol. The Bertz CT molecular complexity index is 719. The van der Waals surface area contributed by atoms with Crippen LogP contribution in [0.2, 0.25) is 0 Å². The van der Waals surface area contributed by atoms with E-state index in [2.05, 4.69) is 20.4 Å². The minimum absolute atomic E-state index is 0.00349. The molecule has 1 aromatic carbocycles. The molecule has 8 nitrogen and oxygen atoms in total. The van der Waals surface area contributed by atoms with Gasteiger partial charge in [0.1, 0.15) is 0 Å². The van der Waals surface area contributed by atoms with E-state index in [9.17, 15) is 19.5 Å². The van der Waals surface area contributed by atoms with E-state index in [4.69, 9.17) is 0 Å². The largest absolute Gasteiger partial charge is 0.478 e. The first-order chi connectivity index (χ1) is 12.5. The lowest BCUT2D eigenvalue weighted by atomic mass is 10.1. The molecule has 2 amide bonds. The van der Waals surface area contributed by atoms with Crippen LogP contribution < -0.4 is 15.5 Å². The first-order valence-corrected chi connectivity index (χ1v) is 8.98. The molecule has 8 heteroatoms. The lowest BCUT2D eigenvalue weighted by molar-refractivity contribution is -0.123. The number of hydrogen-bond donors (Lipinski definition) is 3. The topological polar surface area (TPSA) is 102 Å². The number of piperazine rings is 1. The maximum absolute atomic E-state index is 12.1. The number of nitrogens with zero attached hydrogens (tertiary/aromatic N) is 2. The number of carboxylic acids is 1. The van der Waals surface area contributed by atoms with Gasteiger partial charge in [-0.1, -0.05) is 0 Å². The van der Waals surface area contributed by atoms with Crippen molar-refractivity contribution in [2.45, 2.75) is 33.2 Å². The van der Waals surface area contributed by atoms with Crippen LogP contribution in [0.25, 0.3) is 0 Å². The van der Waals surface area contributed by atoms with Crippen LogP contribution in [-0.4, -0.2) is 66.1 Å². The SMILES string of the molecule is CC(=O)Nc1ccc(N2CCN(CC(=O)NC(C)(C)C)CC2)cc1C(=O)O. The second-order valence-electron chi connectivity index (χ2n) is 7.78. The molecule has 2 rings (SSSR count). The number of carboxylic acid groups (broad SMARTS) is 1. The van der Waals surface area contributed by atoms with Crippen molar-refractivity contribution in [2.75, 3.05) is 42.9 Å². The normalized spacial score (nSPS) is 15.3. The van der Waals surface area contributed by atoms with Crippen molar-refractivity contribution in [3.63, 3.8) is 0 Å². The quantitative estimate of drug-likeness (QED) is 0.718. The van der Waals surface area contributed by atoms with Gasteiger partial charge in [-0.05, 0) is 39.0 Å². The number of benzene rings is 1. The summed E-state index contributed by atoms with van der Waals surface area (Å²) >= 11 is 0. The van der Waals surface area contributed by atoms with Crippen molar-refractivity contribution in [3.05, 3.63) is 23.8 Å². The van der Waals surface area contributed by atoms with Gasteiger partial charge in [-0.25, -0.2) is 4.79 Å². The molecule has 0 aliphatic carbocycles. The minimum Gasteiger partial charge on any atom is -0.478 e. The molecule has 3 N–H and O–H groups in total. The fraction of sp³-hybridized carbons (Fsp3) is 0.526. The molecule has 27 heavy (non-hydrogen) atoms. The second kappa shape index (κ2) is 8.39. The van der Waals surface area contributed by atoms with Gasteiger partial charge in [-0.15, -0.1) is 0 Å². The molecule has 0 radical (unpaired) electrons. The number of carbonyl (C=O) groups excluding carboxylic acids is 2. The Morgan fingerprint density at radius 3 is 2.26 bits per heavy atom. The fourth-order valence-electron chi connectivity index (χ4n) is 3.03. The molecule has 0 saturated carbocycles. The maximum atomic E-state index is 12.1. The van der Waals surface area contributed by atoms with Gasteiger partial charge in [0.25, 0.3) is 0 Å². The van der Waals surface area contributed by atoms with E-state index in [1.807, 2.05) is 20.8 Å². The molecule has 0 aromatic heterocycles. The average molecular weight is 376 g/mol. The van der Waals surface area contributed by atoms with Crippen LogP contribution in [-0.2, 0) is 9.59 Å². The summed E-state index contributed by atoms with van der Waals surface area (Å²) in [6.45, 7) is 10.4. The Balaban J connectivity index is 1.99. The van der Waals surface area contributed by atoms with E-state index in [1.165, 1.54) is 6.92 Å². The van der Waals surface area contributed by atoms with Crippen molar-refractivity contribution < 1.29 is 19.5 Å². The summed E-state index contributed by atoms with van der Waals surface area (Å²) in [7, 11) is 0. The molecule has 0 spiro atoms. The van der Waals surface area contributed by atoms with Crippen LogP contribution in [0.15, 0.2) is 18.2 Å². The zero-order valence-corrected chi connectivity index (χ0v) is 16.3. The van der Waals surface area contributed by atoms with Crippen LogP contribution in [0.3, 0.4) is 0 Å². The van der Waals surface area contributed by atoms with Crippen LogP contribution in [0, 0.1) is 0 Å². The van der Waals surface area contributed by atoms with Gasteiger partial charge < -0.3 is 20.6 Å². The van der Waals surface area contributed by atoms with Gasteiger partial charge in [0.15, 0.2) is 0 Å². The molecule has 1 aliphatic heterocycles. The molecule has 0 atom stereocenters. The highest BCUT2D eigenvalue weighted by Gasteiger charge is 2.22. The molecular formula is C19H28N4O4. The lowest BCUT2D eigenvalue weighted by Crippen LogP contribution is -2.51. The Labute approximate surface area is 159 Å². The van der Waals surface area contributed by atoms with E-state index in [-0.39, 0.29) is 28.6 Å². The van der Waals surface area contributed by atoms with Crippen molar-refractivity contribution in [1.82, 2.24) is 10.2 Å². The Morgan fingerprint density at radius 1 is 1.11 bits per heavy atom. The summed E-state index contributed by atoms with van der Waals surface area (Å²) in [6, 6.07) is 5.00. The van der Waals surface area contributed by atoms with Crippen molar-refractivity contribution >= 4 is 29.2 Å². The Morgan fingerprint density at radius 2 is 1.74 bits per heavy atom. The van der Waals surface area contributed by atoms with E-state index in [0.717, 1.165) is 5.69 Å². The summed E-state index contributed by atoms with van der Waals surface area (Å²) < 4.78 is 0. The van der Waals surface area contributed by atoms with Crippen LogP contribution in [0.4, 0.5) is 11.4 Å².